The van der Waals surface area contributed by atoms with Crippen molar-refractivity contribution < 1.29 is 33.4 Å². The molecule has 0 aliphatic heterocycles. The summed E-state index contributed by atoms with van der Waals surface area (Å²) >= 11 is -1.59. The van der Waals surface area contributed by atoms with Gasteiger partial charge < -0.3 is 28.6 Å². The zero-order valence-electron chi connectivity index (χ0n) is 18.7. The van der Waals surface area contributed by atoms with E-state index in [1.54, 1.807) is 59.1 Å². The van der Waals surface area contributed by atoms with Gasteiger partial charge in [0.15, 0.2) is 0 Å². The summed E-state index contributed by atoms with van der Waals surface area (Å²) < 4.78 is 36.7. The molecule has 1 rings (SSSR count). The molecule has 8 nitrogen and oxygen atoms in total. The molecule has 0 bridgehead atoms. The summed E-state index contributed by atoms with van der Waals surface area (Å²) in [5.74, 6) is -1.93. The Labute approximate surface area is 181 Å². The maximum absolute atomic E-state index is 12.6. The first kappa shape index (κ1) is 25.6. The van der Waals surface area contributed by atoms with Crippen LogP contribution in [-0.2, 0) is 30.4 Å². The molecule has 0 radical (unpaired) electrons. The van der Waals surface area contributed by atoms with Crippen LogP contribution in [0.5, 0.6) is 5.75 Å². The predicted octanol–water partition coefficient (Wildman–Crippen LogP) is 3.51. The molecule has 0 heterocycles. The molecule has 1 N–H and O–H groups in total. The number of aliphatic hydroxyl groups is 1. The molecule has 0 aliphatic rings. The van der Waals surface area contributed by atoms with E-state index in [1.165, 1.54) is 21.3 Å². The maximum Gasteiger partial charge on any atom is 0.341 e. The lowest BCUT2D eigenvalue weighted by Gasteiger charge is -2.27. The largest absolute Gasteiger partial charge is 0.591 e. The van der Waals surface area contributed by atoms with Crippen LogP contribution in [-0.4, -0.2) is 54.7 Å². The number of hydrogen-bond acceptors (Lipinski definition) is 8. The lowest BCUT2D eigenvalue weighted by atomic mass is 9.81. The van der Waals surface area contributed by atoms with Crippen molar-refractivity contribution in [2.24, 2.45) is 10.3 Å². The van der Waals surface area contributed by atoms with E-state index in [0.717, 1.165) is 0 Å². The van der Waals surface area contributed by atoms with Gasteiger partial charge in [0.05, 0.1) is 28.4 Å². The highest BCUT2D eigenvalue weighted by molar-refractivity contribution is 7.91. The number of esters is 1. The van der Waals surface area contributed by atoms with Gasteiger partial charge in [-0.25, -0.2) is 4.79 Å². The summed E-state index contributed by atoms with van der Waals surface area (Å²) in [7, 11) is 5.41. The fraction of sp³-hybridized carbons (Fsp3) is 0.524. The third-order valence-corrected chi connectivity index (χ3v) is 5.80. The number of ether oxygens (including phenoxy) is 4. The van der Waals surface area contributed by atoms with Crippen LogP contribution in [0, 0.1) is 5.92 Å². The second kappa shape index (κ2) is 11.1. The summed E-state index contributed by atoms with van der Waals surface area (Å²) in [4.78, 5) is 12.6. The van der Waals surface area contributed by atoms with Gasteiger partial charge in [0.1, 0.15) is 27.4 Å². The Bertz CT molecular complexity index is 769. The molecule has 0 spiro atoms. The van der Waals surface area contributed by atoms with Crippen LogP contribution >= 0.6 is 0 Å². The van der Waals surface area contributed by atoms with Crippen molar-refractivity contribution in [2.45, 2.75) is 38.4 Å². The number of benzene rings is 1. The summed E-state index contributed by atoms with van der Waals surface area (Å²) in [6, 6.07) is 6.95. The van der Waals surface area contributed by atoms with Gasteiger partial charge in [0.2, 0.25) is 5.90 Å². The highest BCUT2D eigenvalue weighted by atomic mass is 32.2. The van der Waals surface area contributed by atoms with Crippen molar-refractivity contribution in [2.75, 3.05) is 28.4 Å². The van der Waals surface area contributed by atoms with Gasteiger partial charge in [-0.2, -0.15) is 0 Å². The maximum atomic E-state index is 12.6. The standard InChI is InChI=1S/C21H31NO7S/c1-13(18(27-6)22-30(25)21(2,3)4)16(14-9-11-15(26-5)12-10-14)17(19(23)28-7)20(24)29-8/h9-13,16,23H,1-8H3/b19-17-,22-18-/t13-,16+,30?/m1/s1. The Hall–Kier alpha value is -2.39. The fourth-order valence-electron chi connectivity index (χ4n) is 2.75. The molecule has 0 fully saturated rings. The van der Waals surface area contributed by atoms with Gasteiger partial charge in [-0.3, -0.25) is 0 Å². The molecular weight excluding hydrogens is 410 g/mol. The molecule has 1 unspecified atom stereocenters. The lowest BCUT2D eigenvalue weighted by Crippen LogP contribution is -2.31. The smallest absolute Gasteiger partial charge is 0.341 e. The predicted molar refractivity (Wildman–Crippen MR) is 116 cm³/mol. The van der Waals surface area contributed by atoms with E-state index in [1.807, 2.05) is 0 Å². The van der Waals surface area contributed by atoms with Gasteiger partial charge in [-0.05, 0) is 42.9 Å². The molecule has 30 heavy (non-hydrogen) atoms. The summed E-state index contributed by atoms with van der Waals surface area (Å²) in [5.41, 5.74) is 0.544. The highest BCUT2D eigenvalue weighted by Gasteiger charge is 2.38. The van der Waals surface area contributed by atoms with E-state index in [0.29, 0.717) is 11.3 Å². The van der Waals surface area contributed by atoms with Crippen molar-refractivity contribution in [1.82, 2.24) is 0 Å². The number of methoxy groups -OCH3 is 4. The summed E-state index contributed by atoms with van der Waals surface area (Å²) in [5, 5.41) is 10.4. The minimum Gasteiger partial charge on any atom is -0.591 e. The number of carbonyl (C=O) groups is 1. The van der Waals surface area contributed by atoms with Gasteiger partial charge in [0, 0.05) is 11.8 Å². The normalized spacial score (nSPS) is 16.1. The van der Waals surface area contributed by atoms with E-state index < -0.39 is 39.9 Å². The third kappa shape index (κ3) is 6.30. The van der Waals surface area contributed by atoms with E-state index in [2.05, 4.69) is 4.40 Å². The van der Waals surface area contributed by atoms with Crippen molar-refractivity contribution in [1.29, 1.82) is 0 Å². The Morgan fingerprint density at radius 1 is 1.07 bits per heavy atom. The minimum atomic E-state index is -1.59. The molecule has 0 aromatic heterocycles. The molecule has 0 saturated carbocycles. The number of carbonyl (C=O) groups excluding carboxylic acids is 1. The average Bonchev–Trinajstić information content (AvgIpc) is 2.73. The van der Waals surface area contributed by atoms with E-state index in [9.17, 15) is 14.5 Å². The Morgan fingerprint density at radius 3 is 2.03 bits per heavy atom. The molecule has 0 amide bonds. The van der Waals surface area contributed by atoms with Gasteiger partial charge in [-0.15, -0.1) is 0 Å². The van der Waals surface area contributed by atoms with Crippen molar-refractivity contribution >= 4 is 23.2 Å². The molecule has 3 atom stereocenters. The first-order valence-corrected chi connectivity index (χ1v) is 10.4. The molecule has 168 valence electrons. The fourth-order valence-corrected chi connectivity index (χ4v) is 3.43. The second-order valence-electron chi connectivity index (χ2n) is 7.45. The molecular formula is C21H31NO7S. The van der Waals surface area contributed by atoms with Crippen LogP contribution in [0.15, 0.2) is 40.2 Å². The minimum absolute atomic E-state index is 0.107. The van der Waals surface area contributed by atoms with E-state index in [4.69, 9.17) is 18.9 Å². The monoisotopic (exact) mass is 441 g/mol. The Kier molecular flexibility index (Phi) is 9.51. The van der Waals surface area contributed by atoms with Crippen molar-refractivity contribution in [3.63, 3.8) is 0 Å². The van der Waals surface area contributed by atoms with Gasteiger partial charge in [0.25, 0.3) is 5.95 Å². The van der Waals surface area contributed by atoms with Crippen LogP contribution in [0.4, 0.5) is 0 Å². The number of rotatable bonds is 8. The number of aliphatic hydroxyl groups excluding tert-OH is 1. The molecule has 1 aromatic carbocycles. The molecule has 9 heteroatoms. The summed E-state index contributed by atoms with van der Waals surface area (Å²) in [6.45, 7) is 7.13. The molecule has 0 aliphatic carbocycles. The number of nitrogens with zero attached hydrogens (tertiary/aromatic N) is 1. The SMILES string of the molecule is COC(=O)/C(=C(/O)OC)[C@H](c1ccc(OC)cc1)[C@@H](C)/C(=N/[S+]([O-])C(C)(C)C)OC. The van der Waals surface area contributed by atoms with Crippen LogP contribution in [0.2, 0.25) is 0 Å². The van der Waals surface area contributed by atoms with Crippen LogP contribution in [0.1, 0.15) is 39.2 Å². The average molecular weight is 442 g/mol. The quantitative estimate of drug-likeness (QED) is 0.164. The van der Waals surface area contributed by atoms with E-state index >= 15 is 0 Å². The van der Waals surface area contributed by atoms with Crippen LogP contribution in [0.25, 0.3) is 0 Å². The van der Waals surface area contributed by atoms with E-state index in [-0.39, 0.29) is 11.5 Å². The van der Waals surface area contributed by atoms with Crippen LogP contribution < -0.4 is 4.74 Å². The third-order valence-electron chi connectivity index (χ3n) is 4.41. The Morgan fingerprint density at radius 2 is 1.63 bits per heavy atom. The van der Waals surface area contributed by atoms with Crippen molar-refractivity contribution in [3.05, 3.63) is 41.3 Å². The van der Waals surface area contributed by atoms with Crippen LogP contribution in [0.3, 0.4) is 0 Å². The zero-order valence-corrected chi connectivity index (χ0v) is 19.5. The van der Waals surface area contributed by atoms with Gasteiger partial charge >= 0.3 is 5.97 Å². The first-order valence-electron chi connectivity index (χ1n) is 9.25. The first-order chi connectivity index (χ1) is 14.0. The molecule has 0 saturated heterocycles. The van der Waals surface area contributed by atoms with Crippen molar-refractivity contribution in [3.8, 4) is 5.75 Å². The topological polar surface area (TPSA) is 110 Å². The highest BCUT2D eigenvalue weighted by Crippen LogP contribution is 2.37. The van der Waals surface area contributed by atoms with Gasteiger partial charge in [-0.1, -0.05) is 19.1 Å². The lowest BCUT2D eigenvalue weighted by molar-refractivity contribution is -0.137. The second-order valence-corrected chi connectivity index (χ2v) is 9.35. The molecule has 1 aromatic rings. The number of hydrogen-bond donors (Lipinski definition) is 1. The Balaban J connectivity index is 3.65. The zero-order chi connectivity index (χ0) is 23.1. The summed E-state index contributed by atoms with van der Waals surface area (Å²) in [6.07, 6.45) is 0.